The molecule has 4 heteroatoms. The van der Waals surface area contributed by atoms with E-state index >= 15 is 0 Å². The highest BCUT2D eigenvalue weighted by molar-refractivity contribution is 5.47. The molecule has 0 saturated carbocycles. The zero-order chi connectivity index (χ0) is 13.1. The van der Waals surface area contributed by atoms with Gasteiger partial charge in [-0.15, -0.1) is 5.10 Å². The summed E-state index contributed by atoms with van der Waals surface area (Å²) in [6.45, 7) is 5.60. The van der Waals surface area contributed by atoms with E-state index in [0.717, 1.165) is 16.8 Å². The average Bonchev–Trinajstić information content (AvgIpc) is 2.37. The van der Waals surface area contributed by atoms with Gasteiger partial charge in [-0.1, -0.05) is 18.2 Å². The van der Waals surface area contributed by atoms with E-state index in [1.165, 1.54) is 0 Å². The Bertz CT molecular complexity index is 629. The lowest BCUT2D eigenvalue weighted by atomic mass is 10.1. The van der Waals surface area contributed by atoms with Crippen LogP contribution >= 0.6 is 0 Å². The molecule has 2 aromatic rings. The average molecular weight is 239 g/mol. The Kier molecular flexibility index (Phi) is 3.24. The molecular formula is C14H13N3O. The quantitative estimate of drug-likeness (QED) is 0.808. The summed E-state index contributed by atoms with van der Waals surface area (Å²) in [7, 11) is 0. The first-order chi connectivity index (χ1) is 8.63. The van der Waals surface area contributed by atoms with Gasteiger partial charge in [0.1, 0.15) is 17.4 Å². The molecule has 1 aromatic heterocycles. The third-order valence-electron chi connectivity index (χ3n) is 2.83. The molecule has 1 aromatic carbocycles. The molecule has 2 rings (SSSR count). The van der Waals surface area contributed by atoms with Crippen LogP contribution in [0.2, 0.25) is 0 Å². The van der Waals surface area contributed by atoms with Gasteiger partial charge in [-0.05, 0) is 38.0 Å². The Balaban J connectivity index is 2.45. The van der Waals surface area contributed by atoms with Gasteiger partial charge in [0.15, 0.2) is 0 Å². The monoisotopic (exact) mass is 239 g/mol. The summed E-state index contributed by atoms with van der Waals surface area (Å²) < 4.78 is 5.67. The zero-order valence-electron chi connectivity index (χ0n) is 10.6. The molecule has 0 fully saturated rings. The summed E-state index contributed by atoms with van der Waals surface area (Å²) in [6.07, 6.45) is 0. The van der Waals surface area contributed by atoms with Crippen molar-refractivity contribution >= 4 is 0 Å². The highest BCUT2D eigenvalue weighted by atomic mass is 16.5. The second kappa shape index (κ2) is 4.84. The number of aromatic nitrogens is 2. The van der Waals surface area contributed by atoms with Crippen molar-refractivity contribution in [1.29, 1.82) is 5.26 Å². The van der Waals surface area contributed by atoms with Crippen molar-refractivity contribution in [2.75, 3.05) is 0 Å². The number of para-hydroxylation sites is 1. The molecule has 0 aliphatic heterocycles. The molecule has 0 unspecified atom stereocenters. The summed E-state index contributed by atoms with van der Waals surface area (Å²) in [6, 6.07) is 9.71. The maximum atomic E-state index is 9.17. The van der Waals surface area contributed by atoms with Gasteiger partial charge in [0, 0.05) is 0 Å². The molecule has 0 aliphatic rings. The SMILES string of the molecule is Cc1ccccc1Oc1nnc(C)c(C)c1C#N. The van der Waals surface area contributed by atoms with Crippen LogP contribution in [0.4, 0.5) is 0 Å². The van der Waals surface area contributed by atoms with E-state index in [1.54, 1.807) is 0 Å². The van der Waals surface area contributed by atoms with Crippen molar-refractivity contribution in [2.24, 2.45) is 0 Å². The van der Waals surface area contributed by atoms with Crippen LogP contribution in [0.25, 0.3) is 0 Å². The van der Waals surface area contributed by atoms with Gasteiger partial charge in [-0.3, -0.25) is 0 Å². The van der Waals surface area contributed by atoms with Crippen molar-refractivity contribution in [3.05, 3.63) is 46.6 Å². The molecule has 0 spiro atoms. The summed E-state index contributed by atoms with van der Waals surface area (Å²) in [5, 5.41) is 17.1. The number of aryl methyl sites for hydroxylation is 2. The molecule has 4 nitrogen and oxygen atoms in total. The minimum atomic E-state index is 0.259. The Morgan fingerprint density at radius 3 is 2.50 bits per heavy atom. The standard InChI is InChI=1S/C14H13N3O/c1-9-6-4-5-7-13(9)18-14-12(8-15)10(2)11(3)16-17-14/h4-7H,1-3H3. The number of hydrogen-bond acceptors (Lipinski definition) is 4. The van der Waals surface area contributed by atoms with E-state index in [-0.39, 0.29) is 5.88 Å². The van der Waals surface area contributed by atoms with Crippen LogP contribution in [0, 0.1) is 32.1 Å². The van der Waals surface area contributed by atoms with E-state index in [2.05, 4.69) is 16.3 Å². The number of rotatable bonds is 2. The number of nitriles is 1. The first kappa shape index (κ1) is 12.1. The van der Waals surface area contributed by atoms with Crippen molar-refractivity contribution in [1.82, 2.24) is 10.2 Å². The molecule has 0 radical (unpaired) electrons. The van der Waals surface area contributed by atoms with Crippen LogP contribution in [-0.2, 0) is 0 Å². The van der Waals surface area contributed by atoms with Crippen LogP contribution in [0.3, 0.4) is 0 Å². The van der Waals surface area contributed by atoms with E-state index < -0.39 is 0 Å². The fraction of sp³-hybridized carbons (Fsp3) is 0.214. The Hall–Kier alpha value is -2.41. The van der Waals surface area contributed by atoms with Gasteiger partial charge in [0.05, 0.1) is 5.69 Å². The molecule has 0 amide bonds. The van der Waals surface area contributed by atoms with Gasteiger partial charge in [-0.25, -0.2) is 0 Å². The molecule has 90 valence electrons. The van der Waals surface area contributed by atoms with E-state index in [4.69, 9.17) is 4.74 Å². The maximum Gasteiger partial charge on any atom is 0.257 e. The first-order valence-electron chi connectivity index (χ1n) is 5.61. The maximum absolute atomic E-state index is 9.17. The van der Waals surface area contributed by atoms with Crippen molar-refractivity contribution in [3.63, 3.8) is 0 Å². The molecule has 0 N–H and O–H groups in total. The highest BCUT2D eigenvalue weighted by Crippen LogP contribution is 2.27. The van der Waals surface area contributed by atoms with E-state index in [0.29, 0.717) is 11.3 Å². The Labute approximate surface area is 106 Å². The summed E-state index contributed by atoms with van der Waals surface area (Å²) in [5.74, 6) is 0.946. The summed E-state index contributed by atoms with van der Waals surface area (Å²) >= 11 is 0. The van der Waals surface area contributed by atoms with Gasteiger partial charge in [-0.2, -0.15) is 10.4 Å². The van der Waals surface area contributed by atoms with Crippen LogP contribution in [0.15, 0.2) is 24.3 Å². The van der Waals surface area contributed by atoms with Crippen molar-refractivity contribution in [2.45, 2.75) is 20.8 Å². The molecule has 0 bridgehead atoms. The Morgan fingerprint density at radius 2 is 1.83 bits per heavy atom. The van der Waals surface area contributed by atoms with Crippen LogP contribution < -0.4 is 4.74 Å². The van der Waals surface area contributed by atoms with Gasteiger partial charge in [0.25, 0.3) is 5.88 Å². The van der Waals surface area contributed by atoms with Crippen LogP contribution in [0.5, 0.6) is 11.6 Å². The molecule has 0 atom stereocenters. The first-order valence-corrected chi connectivity index (χ1v) is 5.61. The van der Waals surface area contributed by atoms with Gasteiger partial charge in [0.2, 0.25) is 0 Å². The topological polar surface area (TPSA) is 58.8 Å². The van der Waals surface area contributed by atoms with Crippen molar-refractivity contribution in [3.8, 4) is 17.7 Å². The second-order valence-electron chi connectivity index (χ2n) is 4.07. The fourth-order valence-electron chi connectivity index (χ4n) is 1.56. The molecule has 0 saturated heterocycles. The zero-order valence-corrected chi connectivity index (χ0v) is 10.6. The summed E-state index contributed by atoms with van der Waals surface area (Å²) in [4.78, 5) is 0. The second-order valence-corrected chi connectivity index (χ2v) is 4.07. The lowest BCUT2D eigenvalue weighted by Crippen LogP contribution is -2.01. The van der Waals surface area contributed by atoms with Crippen LogP contribution in [0.1, 0.15) is 22.4 Å². The van der Waals surface area contributed by atoms with E-state index in [1.807, 2.05) is 45.0 Å². The van der Waals surface area contributed by atoms with Crippen molar-refractivity contribution < 1.29 is 4.74 Å². The number of nitrogens with zero attached hydrogens (tertiary/aromatic N) is 3. The molecule has 0 aliphatic carbocycles. The minimum Gasteiger partial charge on any atom is -0.436 e. The lowest BCUT2D eigenvalue weighted by molar-refractivity contribution is 0.448. The molecule has 18 heavy (non-hydrogen) atoms. The predicted molar refractivity (Wildman–Crippen MR) is 67.5 cm³/mol. The molecular weight excluding hydrogens is 226 g/mol. The summed E-state index contributed by atoms with van der Waals surface area (Å²) in [5.41, 5.74) is 2.96. The predicted octanol–water partition coefficient (Wildman–Crippen LogP) is 3.07. The largest absolute Gasteiger partial charge is 0.436 e. The Morgan fingerprint density at radius 1 is 1.11 bits per heavy atom. The highest BCUT2D eigenvalue weighted by Gasteiger charge is 2.13. The number of benzene rings is 1. The smallest absolute Gasteiger partial charge is 0.257 e. The van der Waals surface area contributed by atoms with Gasteiger partial charge >= 0.3 is 0 Å². The fourth-order valence-corrected chi connectivity index (χ4v) is 1.56. The lowest BCUT2D eigenvalue weighted by Gasteiger charge is -2.10. The van der Waals surface area contributed by atoms with Gasteiger partial charge < -0.3 is 4.74 Å². The van der Waals surface area contributed by atoms with Crippen LogP contribution in [-0.4, -0.2) is 10.2 Å². The minimum absolute atomic E-state index is 0.259. The third kappa shape index (κ3) is 2.16. The number of hydrogen-bond donors (Lipinski definition) is 0. The van der Waals surface area contributed by atoms with E-state index in [9.17, 15) is 5.26 Å². The normalized spacial score (nSPS) is 9.89. The molecule has 1 heterocycles. The third-order valence-corrected chi connectivity index (χ3v) is 2.83. The number of ether oxygens (including phenoxy) is 1.